The standard InChI is InChI=1S/C23H20ClNO2S/c1-14-10-12-15(13-11-14)21(26)20-17-7-3-5-9-19(17)28-23(20)25-22(27)16-6-2-4-8-18(16)24/h2,4,6,8,10-13H,3,5,7,9H2,1H3,(H,25,27). The molecule has 142 valence electrons. The van der Waals surface area contributed by atoms with Crippen LogP contribution < -0.4 is 5.32 Å². The normalized spacial score (nSPS) is 13.1. The third kappa shape index (κ3) is 3.62. The molecule has 0 aliphatic heterocycles. The third-order valence-corrected chi connectivity index (χ3v) is 6.59. The van der Waals surface area contributed by atoms with Gasteiger partial charge in [-0.25, -0.2) is 0 Å². The van der Waals surface area contributed by atoms with E-state index in [9.17, 15) is 9.59 Å². The Bertz CT molecular complexity index is 1050. The lowest BCUT2D eigenvalue weighted by Crippen LogP contribution is -2.15. The van der Waals surface area contributed by atoms with Gasteiger partial charge in [0.2, 0.25) is 0 Å². The Morgan fingerprint density at radius 1 is 1.00 bits per heavy atom. The van der Waals surface area contributed by atoms with Crippen molar-refractivity contribution in [2.45, 2.75) is 32.6 Å². The zero-order valence-corrected chi connectivity index (χ0v) is 17.1. The Labute approximate surface area is 173 Å². The predicted octanol–water partition coefficient (Wildman–Crippen LogP) is 6.07. The number of hydrogen-bond acceptors (Lipinski definition) is 3. The van der Waals surface area contributed by atoms with Gasteiger partial charge in [-0.3, -0.25) is 9.59 Å². The highest BCUT2D eigenvalue weighted by Crippen LogP contribution is 2.39. The number of ketones is 1. The van der Waals surface area contributed by atoms with Gasteiger partial charge in [-0.15, -0.1) is 11.3 Å². The van der Waals surface area contributed by atoms with Crippen LogP contribution in [-0.4, -0.2) is 11.7 Å². The van der Waals surface area contributed by atoms with Gasteiger partial charge < -0.3 is 5.32 Å². The number of amides is 1. The van der Waals surface area contributed by atoms with Crippen LogP contribution in [0.4, 0.5) is 5.00 Å². The van der Waals surface area contributed by atoms with Crippen molar-refractivity contribution in [1.82, 2.24) is 0 Å². The average Bonchev–Trinajstić information content (AvgIpc) is 3.06. The Kier molecular flexibility index (Phi) is 5.33. The number of nitrogens with one attached hydrogen (secondary N) is 1. The number of halogens is 1. The summed E-state index contributed by atoms with van der Waals surface area (Å²) >= 11 is 7.70. The smallest absolute Gasteiger partial charge is 0.257 e. The van der Waals surface area contributed by atoms with Crippen molar-refractivity contribution in [2.75, 3.05) is 5.32 Å². The first-order valence-corrected chi connectivity index (χ1v) is 10.6. The third-order valence-electron chi connectivity index (χ3n) is 5.06. The van der Waals surface area contributed by atoms with Crippen molar-refractivity contribution in [2.24, 2.45) is 0 Å². The highest BCUT2D eigenvalue weighted by molar-refractivity contribution is 7.17. The van der Waals surface area contributed by atoms with E-state index in [1.54, 1.807) is 24.3 Å². The maximum Gasteiger partial charge on any atom is 0.257 e. The molecule has 3 aromatic rings. The fourth-order valence-corrected chi connectivity index (χ4v) is 5.06. The Morgan fingerprint density at radius 2 is 1.71 bits per heavy atom. The van der Waals surface area contributed by atoms with Gasteiger partial charge in [-0.1, -0.05) is 53.6 Å². The molecule has 0 radical (unpaired) electrons. The van der Waals surface area contributed by atoms with Gasteiger partial charge >= 0.3 is 0 Å². The molecule has 1 amide bonds. The largest absolute Gasteiger partial charge is 0.313 e. The molecular weight excluding hydrogens is 390 g/mol. The van der Waals surface area contributed by atoms with Crippen molar-refractivity contribution in [3.8, 4) is 0 Å². The minimum Gasteiger partial charge on any atom is -0.313 e. The second-order valence-electron chi connectivity index (χ2n) is 7.04. The number of rotatable bonds is 4. The summed E-state index contributed by atoms with van der Waals surface area (Å²) in [6.07, 6.45) is 4.01. The van der Waals surface area contributed by atoms with Crippen molar-refractivity contribution < 1.29 is 9.59 Å². The first kappa shape index (κ1) is 18.9. The van der Waals surface area contributed by atoms with E-state index in [0.717, 1.165) is 36.8 Å². The lowest BCUT2D eigenvalue weighted by Gasteiger charge is -2.13. The average molecular weight is 410 g/mol. The van der Waals surface area contributed by atoms with Crippen molar-refractivity contribution in [3.05, 3.63) is 86.2 Å². The minimum absolute atomic E-state index is 0.0335. The number of carbonyl (C=O) groups is 2. The van der Waals surface area contributed by atoms with E-state index >= 15 is 0 Å². The van der Waals surface area contributed by atoms with Gasteiger partial charge in [0, 0.05) is 10.4 Å². The molecule has 0 saturated heterocycles. The van der Waals surface area contributed by atoms with E-state index in [1.165, 1.54) is 16.2 Å². The summed E-state index contributed by atoms with van der Waals surface area (Å²) in [5.74, 6) is -0.323. The van der Waals surface area contributed by atoms with Crippen LogP contribution in [0.3, 0.4) is 0 Å². The molecule has 5 heteroatoms. The molecule has 0 bridgehead atoms. The number of carbonyl (C=O) groups excluding carboxylic acids is 2. The van der Waals surface area contributed by atoms with Crippen LogP contribution in [-0.2, 0) is 12.8 Å². The minimum atomic E-state index is -0.290. The molecule has 4 rings (SSSR count). The number of thiophene rings is 1. The number of hydrogen-bond donors (Lipinski definition) is 1. The maximum atomic E-state index is 13.3. The van der Waals surface area contributed by atoms with Crippen LogP contribution in [0.2, 0.25) is 5.02 Å². The molecule has 28 heavy (non-hydrogen) atoms. The second-order valence-corrected chi connectivity index (χ2v) is 8.56. The Morgan fingerprint density at radius 3 is 2.46 bits per heavy atom. The SMILES string of the molecule is Cc1ccc(C(=O)c2c(NC(=O)c3ccccc3Cl)sc3c2CCCC3)cc1. The highest BCUT2D eigenvalue weighted by Gasteiger charge is 2.27. The van der Waals surface area contributed by atoms with Crippen LogP contribution in [0, 0.1) is 6.92 Å². The van der Waals surface area contributed by atoms with Gasteiger partial charge in [0.15, 0.2) is 5.78 Å². The van der Waals surface area contributed by atoms with Crippen LogP contribution in [0.1, 0.15) is 55.1 Å². The number of fused-ring (bicyclic) bond motifs is 1. The lowest BCUT2D eigenvalue weighted by atomic mass is 9.91. The molecule has 0 unspecified atom stereocenters. The van der Waals surface area contributed by atoms with E-state index in [4.69, 9.17) is 11.6 Å². The topological polar surface area (TPSA) is 46.2 Å². The van der Waals surface area contributed by atoms with Crippen LogP contribution in [0.25, 0.3) is 0 Å². The Balaban J connectivity index is 1.74. The Hall–Kier alpha value is -2.43. The van der Waals surface area contributed by atoms with Gasteiger partial charge in [0.05, 0.1) is 16.1 Å². The molecule has 1 aliphatic rings. The molecule has 2 aromatic carbocycles. The zero-order valence-electron chi connectivity index (χ0n) is 15.5. The second kappa shape index (κ2) is 7.90. The summed E-state index contributed by atoms with van der Waals surface area (Å²) in [6, 6.07) is 14.5. The zero-order chi connectivity index (χ0) is 19.7. The van der Waals surface area contributed by atoms with Crippen molar-refractivity contribution >= 4 is 39.6 Å². The van der Waals surface area contributed by atoms with Crippen molar-refractivity contribution in [1.29, 1.82) is 0 Å². The molecule has 1 aromatic heterocycles. The summed E-state index contributed by atoms with van der Waals surface area (Å²) in [5.41, 5.74) is 3.89. The fraction of sp³-hybridized carbons (Fsp3) is 0.217. The first-order chi connectivity index (χ1) is 13.5. The van der Waals surface area contributed by atoms with Gasteiger partial charge in [0.25, 0.3) is 5.91 Å². The molecule has 3 nitrogen and oxygen atoms in total. The highest BCUT2D eigenvalue weighted by atomic mass is 35.5. The summed E-state index contributed by atoms with van der Waals surface area (Å²) in [6.45, 7) is 2.00. The van der Waals surface area contributed by atoms with E-state index in [1.807, 2.05) is 31.2 Å². The summed E-state index contributed by atoms with van der Waals surface area (Å²) in [4.78, 5) is 27.3. The van der Waals surface area contributed by atoms with E-state index in [2.05, 4.69) is 5.32 Å². The van der Waals surface area contributed by atoms with Crippen LogP contribution in [0.5, 0.6) is 0 Å². The molecule has 1 N–H and O–H groups in total. The molecule has 0 spiro atoms. The van der Waals surface area contributed by atoms with Gasteiger partial charge in [0.1, 0.15) is 5.00 Å². The molecule has 1 aliphatic carbocycles. The number of aryl methyl sites for hydroxylation is 2. The van der Waals surface area contributed by atoms with Gasteiger partial charge in [-0.05, 0) is 50.3 Å². The number of anilines is 1. The quantitative estimate of drug-likeness (QED) is 0.531. The van der Waals surface area contributed by atoms with E-state index in [-0.39, 0.29) is 11.7 Å². The van der Waals surface area contributed by atoms with Crippen molar-refractivity contribution in [3.63, 3.8) is 0 Å². The number of benzene rings is 2. The van der Waals surface area contributed by atoms with E-state index < -0.39 is 0 Å². The monoisotopic (exact) mass is 409 g/mol. The first-order valence-electron chi connectivity index (χ1n) is 9.36. The molecule has 0 saturated carbocycles. The summed E-state index contributed by atoms with van der Waals surface area (Å²) in [7, 11) is 0. The van der Waals surface area contributed by atoms with Crippen LogP contribution >= 0.6 is 22.9 Å². The van der Waals surface area contributed by atoms with Gasteiger partial charge in [-0.2, -0.15) is 0 Å². The summed E-state index contributed by atoms with van der Waals surface area (Å²) < 4.78 is 0. The molecule has 1 heterocycles. The molecule has 0 atom stereocenters. The van der Waals surface area contributed by atoms with Crippen LogP contribution in [0.15, 0.2) is 48.5 Å². The molecular formula is C23H20ClNO2S. The summed E-state index contributed by atoms with van der Waals surface area (Å²) in [5, 5.41) is 3.98. The molecule has 0 fully saturated rings. The fourth-order valence-electron chi connectivity index (χ4n) is 3.56. The van der Waals surface area contributed by atoms with E-state index in [0.29, 0.717) is 26.7 Å². The lowest BCUT2D eigenvalue weighted by molar-refractivity contribution is 0.102. The maximum absolute atomic E-state index is 13.3. The predicted molar refractivity (Wildman–Crippen MR) is 115 cm³/mol.